The van der Waals surface area contributed by atoms with Gasteiger partial charge in [0.2, 0.25) is 17.7 Å². The Morgan fingerprint density at radius 3 is 2.69 bits per heavy atom. The standard InChI is InChI=1S/C25H22N6O4/c1-34-21-5-2-4-19(13-21)30-15-17(12-24(30)32)25(33)29-18-6-8-20(9-7-18)35-23-14-22(26-16-27-23)31-11-3-10-28-31/h2-11,13-14,16-17H,12,15H2,1H3,(H,29,33). The Balaban J connectivity index is 1.20. The Kier molecular flexibility index (Phi) is 6.08. The summed E-state index contributed by atoms with van der Waals surface area (Å²) in [5.74, 6) is 1.39. The Morgan fingerprint density at radius 2 is 1.91 bits per heavy atom. The summed E-state index contributed by atoms with van der Waals surface area (Å²) in [5.41, 5.74) is 1.32. The lowest BCUT2D eigenvalue weighted by Gasteiger charge is -2.17. The second-order valence-corrected chi connectivity index (χ2v) is 7.89. The highest BCUT2D eigenvalue weighted by Crippen LogP contribution is 2.29. The molecule has 2 aromatic heterocycles. The van der Waals surface area contributed by atoms with Gasteiger partial charge in [0.05, 0.1) is 13.0 Å². The van der Waals surface area contributed by atoms with E-state index in [1.54, 1.807) is 71.5 Å². The zero-order valence-corrected chi connectivity index (χ0v) is 18.9. The third-order valence-electron chi connectivity index (χ3n) is 5.57. The van der Waals surface area contributed by atoms with Crippen LogP contribution in [0.4, 0.5) is 11.4 Å². The zero-order chi connectivity index (χ0) is 24.2. The number of hydrogen-bond acceptors (Lipinski definition) is 7. The summed E-state index contributed by atoms with van der Waals surface area (Å²) in [6.45, 7) is 0.311. The van der Waals surface area contributed by atoms with Gasteiger partial charge in [0.1, 0.15) is 17.8 Å². The summed E-state index contributed by atoms with van der Waals surface area (Å²) in [7, 11) is 1.57. The van der Waals surface area contributed by atoms with E-state index in [2.05, 4.69) is 20.4 Å². The first-order valence-corrected chi connectivity index (χ1v) is 10.9. The summed E-state index contributed by atoms with van der Waals surface area (Å²) in [6.07, 6.45) is 4.99. The maximum atomic E-state index is 12.8. The fraction of sp³-hybridized carbons (Fsp3) is 0.160. The predicted octanol–water partition coefficient (Wildman–Crippen LogP) is 3.45. The molecule has 3 heterocycles. The summed E-state index contributed by atoms with van der Waals surface area (Å²) < 4.78 is 12.6. The van der Waals surface area contributed by atoms with Gasteiger partial charge in [-0.3, -0.25) is 9.59 Å². The van der Waals surface area contributed by atoms with E-state index in [-0.39, 0.29) is 18.2 Å². The lowest BCUT2D eigenvalue weighted by molar-refractivity contribution is -0.122. The van der Waals surface area contributed by atoms with Crippen LogP contribution >= 0.6 is 0 Å². The minimum absolute atomic E-state index is 0.0958. The van der Waals surface area contributed by atoms with Crippen LogP contribution in [0.3, 0.4) is 0 Å². The molecule has 0 saturated carbocycles. The SMILES string of the molecule is COc1cccc(N2CC(C(=O)Nc3ccc(Oc4cc(-n5cccn5)ncn4)cc3)CC2=O)c1. The summed E-state index contributed by atoms with van der Waals surface area (Å²) in [5, 5.41) is 7.02. The Hall–Kier alpha value is -4.73. The van der Waals surface area contributed by atoms with Crippen LogP contribution in [0.15, 0.2) is 79.4 Å². The third kappa shape index (κ3) is 4.96. The number of aromatic nitrogens is 4. The second-order valence-electron chi connectivity index (χ2n) is 7.89. The number of benzene rings is 2. The molecule has 5 rings (SSSR count). The van der Waals surface area contributed by atoms with Crippen molar-refractivity contribution in [2.45, 2.75) is 6.42 Å². The van der Waals surface area contributed by atoms with Gasteiger partial charge in [-0.15, -0.1) is 0 Å². The number of ether oxygens (including phenoxy) is 2. The van der Waals surface area contributed by atoms with Crippen LogP contribution in [0.2, 0.25) is 0 Å². The van der Waals surface area contributed by atoms with Crippen LogP contribution in [0.5, 0.6) is 17.4 Å². The summed E-state index contributed by atoms with van der Waals surface area (Å²) in [6, 6.07) is 17.6. The number of amides is 2. The molecule has 1 atom stereocenters. The minimum Gasteiger partial charge on any atom is -0.497 e. The van der Waals surface area contributed by atoms with Gasteiger partial charge in [0.15, 0.2) is 5.82 Å². The monoisotopic (exact) mass is 470 g/mol. The van der Waals surface area contributed by atoms with E-state index in [0.717, 1.165) is 0 Å². The van der Waals surface area contributed by atoms with Crippen molar-refractivity contribution in [2.24, 2.45) is 5.92 Å². The van der Waals surface area contributed by atoms with Crippen LogP contribution in [0.25, 0.3) is 5.82 Å². The molecule has 0 radical (unpaired) electrons. The van der Waals surface area contributed by atoms with Crippen LogP contribution in [0, 0.1) is 5.92 Å². The van der Waals surface area contributed by atoms with Gasteiger partial charge in [-0.1, -0.05) is 6.07 Å². The first-order valence-electron chi connectivity index (χ1n) is 10.9. The molecule has 1 N–H and O–H groups in total. The van der Waals surface area contributed by atoms with Gasteiger partial charge >= 0.3 is 0 Å². The van der Waals surface area contributed by atoms with Gasteiger partial charge in [-0.25, -0.2) is 14.6 Å². The molecule has 1 aliphatic heterocycles. The minimum atomic E-state index is -0.452. The highest BCUT2D eigenvalue weighted by atomic mass is 16.5. The van der Waals surface area contributed by atoms with Crippen LogP contribution in [-0.2, 0) is 9.59 Å². The number of nitrogens with one attached hydrogen (secondary N) is 1. The molecule has 0 aliphatic carbocycles. The van der Waals surface area contributed by atoms with Gasteiger partial charge in [0, 0.05) is 48.9 Å². The number of hydrogen-bond donors (Lipinski definition) is 1. The number of nitrogens with zero attached hydrogens (tertiary/aromatic N) is 5. The molecular weight excluding hydrogens is 448 g/mol. The molecule has 0 bridgehead atoms. The van der Waals surface area contributed by atoms with Crippen molar-refractivity contribution in [1.82, 2.24) is 19.7 Å². The highest BCUT2D eigenvalue weighted by Gasteiger charge is 2.35. The quantitative estimate of drug-likeness (QED) is 0.440. The average Bonchev–Trinajstić information content (AvgIpc) is 3.56. The van der Waals surface area contributed by atoms with Crippen LogP contribution < -0.4 is 19.7 Å². The van der Waals surface area contributed by atoms with Crippen molar-refractivity contribution in [1.29, 1.82) is 0 Å². The molecule has 1 saturated heterocycles. The smallest absolute Gasteiger partial charge is 0.229 e. The van der Waals surface area contributed by atoms with Crippen LogP contribution in [0.1, 0.15) is 6.42 Å². The highest BCUT2D eigenvalue weighted by molar-refractivity contribution is 6.03. The van der Waals surface area contributed by atoms with Gasteiger partial charge in [-0.05, 0) is 42.5 Å². The fourth-order valence-electron chi connectivity index (χ4n) is 3.80. The first-order chi connectivity index (χ1) is 17.1. The van der Waals surface area contributed by atoms with E-state index in [1.165, 1.54) is 6.33 Å². The average molecular weight is 470 g/mol. The molecule has 4 aromatic rings. The van der Waals surface area contributed by atoms with E-state index in [0.29, 0.717) is 41.1 Å². The molecule has 0 spiro atoms. The predicted molar refractivity (Wildman–Crippen MR) is 128 cm³/mol. The fourth-order valence-corrected chi connectivity index (χ4v) is 3.80. The molecule has 1 aliphatic rings. The van der Waals surface area contributed by atoms with E-state index in [1.807, 2.05) is 18.2 Å². The molecule has 10 nitrogen and oxygen atoms in total. The third-order valence-corrected chi connectivity index (χ3v) is 5.57. The van der Waals surface area contributed by atoms with E-state index < -0.39 is 5.92 Å². The summed E-state index contributed by atoms with van der Waals surface area (Å²) in [4.78, 5) is 35.3. The zero-order valence-electron chi connectivity index (χ0n) is 18.9. The van der Waals surface area contributed by atoms with Gasteiger partial charge < -0.3 is 19.7 Å². The molecular formula is C25H22N6O4. The van der Waals surface area contributed by atoms with Crippen molar-refractivity contribution in [3.05, 3.63) is 79.4 Å². The number of carbonyl (C=O) groups is 2. The van der Waals surface area contributed by atoms with Crippen molar-refractivity contribution < 1.29 is 19.1 Å². The number of methoxy groups -OCH3 is 1. The molecule has 2 amide bonds. The normalized spacial score (nSPS) is 15.2. The second kappa shape index (κ2) is 9.64. The number of carbonyl (C=O) groups excluding carboxylic acids is 2. The van der Waals surface area contributed by atoms with Gasteiger partial charge in [0.25, 0.3) is 0 Å². The number of rotatable bonds is 7. The van der Waals surface area contributed by atoms with E-state index in [4.69, 9.17) is 9.47 Å². The van der Waals surface area contributed by atoms with E-state index in [9.17, 15) is 9.59 Å². The topological polar surface area (TPSA) is 111 Å². The lowest BCUT2D eigenvalue weighted by Crippen LogP contribution is -2.28. The molecule has 1 unspecified atom stereocenters. The molecule has 35 heavy (non-hydrogen) atoms. The van der Waals surface area contributed by atoms with Crippen molar-refractivity contribution in [2.75, 3.05) is 23.9 Å². The first kappa shape index (κ1) is 22.1. The molecule has 1 fully saturated rings. The Morgan fingerprint density at radius 1 is 1.06 bits per heavy atom. The Labute approximate surface area is 201 Å². The number of anilines is 2. The molecule has 10 heteroatoms. The maximum absolute atomic E-state index is 12.8. The van der Waals surface area contributed by atoms with Crippen molar-refractivity contribution in [3.63, 3.8) is 0 Å². The maximum Gasteiger partial charge on any atom is 0.229 e. The summed E-state index contributed by atoms with van der Waals surface area (Å²) >= 11 is 0. The molecule has 176 valence electrons. The largest absolute Gasteiger partial charge is 0.497 e. The van der Waals surface area contributed by atoms with E-state index >= 15 is 0 Å². The molecule has 2 aromatic carbocycles. The lowest BCUT2D eigenvalue weighted by atomic mass is 10.1. The van der Waals surface area contributed by atoms with Crippen molar-refractivity contribution >= 4 is 23.2 Å². The Bertz CT molecular complexity index is 1340. The van der Waals surface area contributed by atoms with Gasteiger partial charge in [-0.2, -0.15) is 5.10 Å². The van der Waals surface area contributed by atoms with Crippen LogP contribution in [-0.4, -0.2) is 45.2 Å². The van der Waals surface area contributed by atoms with Crippen molar-refractivity contribution in [3.8, 4) is 23.2 Å².